The van der Waals surface area contributed by atoms with Crippen LogP contribution < -0.4 is 5.32 Å². The maximum absolute atomic E-state index is 5.63. The van der Waals surface area contributed by atoms with Crippen LogP contribution in [-0.4, -0.2) is 29.8 Å². The average molecular weight is 255 g/mol. The first-order chi connectivity index (χ1) is 8.71. The molecular weight excluding hydrogens is 230 g/mol. The average Bonchev–Trinajstić information content (AvgIpc) is 2.84. The molecule has 0 aliphatic rings. The molecule has 0 radical (unpaired) electrons. The molecule has 18 heavy (non-hydrogen) atoms. The van der Waals surface area contributed by atoms with Gasteiger partial charge >= 0.3 is 0 Å². The third-order valence-corrected chi connectivity index (χ3v) is 2.97. The van der Waals surface area contributed by atoms with E-state index in [-0.39, 0.29) is 6.10 Å². The van der Waals surface area contributed by atoms with Gasteiger partial charge in [-0.2, -0.15) is 4.98 Å². The zero-order chi connectivity index (χ0) is 13.4. The van der Waals surface area contributed by atoms with Crippen molar-refractivity contribution in [3.63, 3.8) is 0 Å². The van der Waals surface area contributed by atoms with Gasteiger partial charge in [-0.15, -0.1) is 0 Å². The van der Waals surface area contributed by atoms with E-state index in [2.05, 4.69) is 29.3 Å². The first kappa shape index (κ1) is 15.1. The topological polar surface area (TPSA) is 60.2 Å². The fourth-order valence-corrected chi connectivity index (χ4v) is 1.74. The molecule has 0 spiro atoms. The molecule has 0 saturated carbocycles. The summed E-state index contributed by atoms with van der Waals surface area (Å²) in [4.78, 5) is 4.42. The molecule has 5 nitrogen and oxygen atoms in total. The summed E-state index contributed by atoms with van der Waals surface area (Å²) in [5, 5.41) is 7.22. The Labute approximate surface area is 109 Å². The van der Waals surface area contributed by atoms with Crippen LogP contribution in [0.2, 0.25) is 0 Å². The lowest BCUT2D eigenvalue weighted by molar-refractivity contribution is 0.0477. The normalized spacial score (nSPS) is 14.7. The van der Waals surface area contributed by atoms with Crippen molar-refractivity contribution in [1.82, 2.24) is 15.5 Å². The minimum Gasteiger partial charge on any atom is -0.370 e. The van der Waals surface area contributed by atoms with Gasteiger partial charge in [-0.1, -0.05) is 18.5 Å². The van der Waals surface area contributed by atoms with Gasteiger partial charge in [0.25, 0.3) is 0 Å². The van der Waals surface area contributed by atoms with E-state index in [4.69, 9.17) is 9.26 Å². The lowest BCUT2D eigenvalue weighted by Crippen LogP contribution is -2.21. The van der Waals surface area contributed by atoms with Crippen molar-refractivity contribution in [2.75, 3.05) is 13.7 Å². The highest BCUT2D eigenvalue weighted by molar-refractivity contribution is 4.92. The van der Waals surface area contributed by atoms with Crippen LogP contribution >= 0.6 is 0 Å². The van der Waals surface area contributed by atoms with Gasteiger partial charge in [0, 0.05) is 19.1 Å². The monoisotopic (exact) mass is 255 g/mol. The molecule has 2 atom stereocenters. The minimum atomic E-state index is -0.0285. The number of aromatic nitrogens is 2. The van der Waals surface area contributed by atoms with Crippen LogP contribution in [0.1, 0.15) is 57.9 Å². The van der Waals surface area contributed by atoms with Crippen molar-refractivity contribution in [2.45, 2.75) is 58.6 Å². The molecule has 1 aromatic rings. The molecule has 1 heterocycles. The molecule has 104 valence electrons. The molecule has 5 heteroatoms. The maximum Gasteiger partial charge on any atom is 0.226 e. The zero-order valence-corrected chi connectivity index (χ0v) is 11.9. The molecule has 0 bridgehead atoms. The lowest BCUT2D eigenvalue weighted by atomic mass is 10.2. The van der Waals surface area contributed by atoms with E-state index < -0.39 is 0 Å². The molecule has 0 amide bonds. The first-order valence-corrected chi connectivity index (χ1v) is 6.82. The van der Waals surface area contributed by atoms with Gasteiger partial charge in [-0.3, -0.25) is 0 Å². The Morgan fingerprint density at radius 1 is 1.33 bits per heavy atom. The van der Waals surface area contributed by atoms with Gasteiger partial charge in [-0.05, 0) is 33.7 Å². The third kappa shape index (κ3) is 4.74. The SMILES string of the molecule is CCCC(OCC)c1noc(CCC(C)NC)n1. The van der Waals surface area contributed by atoms with E-state index in [1.54, 1.807) is 0 Å². The quantitative estimate of drug-likeness (QED) is 0.734. The van der Waals surface area contributed by atoms with Crippen LogP contribution in [0.5, 0.6) is 0 Å². The Bertz CT molecular complexity index is 322. The fourth-order valence-electron chi connectivity index (χ4n) is 1.74. The van der Waals surface area contributed by atoms with E-state index >= 15 is 0 Å². The largest absolute Gasteiger partial charge is 0.370 e. The molecule has 2 unspecified atom stereocenters. The highest BCUT2D eigenvalue weighted by atomic mass is 16.5. The Balaban J connectivity index is 2.54. The Morgan fingerprint density at radius 3 is 2.72 bits per heavy atom. The van der Waals surface area contributed by atoms with Crippen LogP contribution in [0.4, 0.5) is 0 Å². The van der Waals surface area contributed by atoms with Gasteiger partial charge in [0.05, 0.1) is 0 Å². The summed E-state index contributed by atoms with van der Waals surface area (Å²) in [6.45, 7) is 6.92. The summed E-state index contributed by atoms with van der Waals surface area (Å²) in [7, 11) is 1.95. The second-order valence-electron chi connectivity index (χ2n) is 4.51. The zero-order valence-electron chi connectivity index (χ0n) is 11.9. The highest BCUT2D eigenvalue weighted by Crippen LogP contribution is 2.20. The van der Waals surface area contributed by atoms with Gasteiger partial charge < -0.3 is 14.6 Å². The third-order valence-electron chi connectivity index (χ3n) is 2.97. The number of nitrogens with one attached hydrogen (secondary N) is 1. The molecule has 0 aliphatic heterocycles. The predicted octanol–water partition coefficient (Wildman–Crippen LogP) is 2.49. The van der Waals surface area contributed by atoms with E-state index in [0.717, 1.165) is 25.7 Å². The van der Waals surface area contributed by atoms with E-state index in [1.165, 1.54) is 0 Å². The highest BCUT2D eigenvalue weighted by Gasteiger charge is 2.17. The number of hydrogen-bond donors (Lipinski definition) is 1. The standard InChI is InChI=1S/C13H25N3O2/c1-5-7-11(17-6-2)13-15-12(18-16-13)9-8-10(3)14-4/h10-11,14H,5-9H2,1-4H3. The van der Waals surface area contributed by atoms with E-state index in [1.807, 2.05) is 14.0 Å². The maximum atomic E-state index is 5.63. The van der Waals surface area contributed by atoms with Crippen LogP contribution in [0.15, 0.2) is 4.52 Å². The molecule has 1 rings (SSSR count). The summed E-state index contributed by atoms with van der Waals surface area (Å²) in [6, 6.07) is 0.457. The number of hydrogen-bond acceptors (Lipinski definition) is 5. The molecule has 1 N–H and O–H groups in total. The van der Waals surface area contributed by atoms with Crippen LogP contribution in [0, 0.1) is 0 Å². The summed E-state index contributed by atoms with van der Waals surface area (Å²) >= 11 is 0. The predicted molar refractivity (Wildman–Crippen MR) is 70.4 cm³/mol. The number of ether oxygens (including phenoxy) is 1. The van der Waals surface area contributed by atoms with Gasteiger partial charge in [-0.25, -0.2) is 0 Å². The molecule has 0 aliphatic carbocycles. The minimum absolute atomic E-state index is 0.0285. The lowest BCUT2D eigenvalue weighted by Gasteiger charge is -2.11. The van der Waals surface area contributed by atoms with Crippen molar-refractivity contribution in [3.8, 4) is 0 Å². The molecule has 1 aromatic heterocycles. The van der Waals surface area contributed by atoms with Crippen molar-refractivity contribution in [2.24, 2.45) is 0 Å². The number of rotatable bonds is 9. The number of nitrogens with zero attached hydrogens (tertiary/aromatic N) is 2. The summed E-state index contributed by atoms with van der Waals surface area (Å²) < 4.78 is 10.9. The molecule has 0 saturated heterocycles. The van der Waals surface area contributed by atoms with Crippen LogP contribution in [0.25, 0.3) is 0 Å². The van der Waals surface area contributed by atoms with Crippen LogP contribution in [-0.2, 0) is 11.2 Å². The summed E-state index contributed by atoms with van der Waals surface area (Å²) in [6.07, 6.45) is 3.75. The second-order valence-corrected chi connectivity index (χ2v) is 4.51. The van der Waals surface area contributed by atoms with Crippen molar-refractivity contribution < 1.29 is 9.26 Å². The van der Waals surface area contributed by atoms with Crippen molar-refractivity contribution in [3.05, 3.63) is 11.7 Å². The van der Waals surface area contributed by atoms with Gasteiger partial charge in [0.15, 0.2) is 0 Å². The summed E-state index contributed by atoms with van der Waals surface area (Å²) in [5.41, 5.74) is 0. The van der Waals surface area contributed by atoms with Gasteiger partial charge in [0.2, 0.25) is 11.7 Å². The molecular formula is C13H25N3O2. The van der Waals surface area contributed by atoms with E-state index in [0.29, 0.717) is 24.4 Å². The first-order valence-electron chi connectivity index (χ1n) is 6.82. The Kier molecular flexibility index (Phi) is 6.90. The fraction of sp³-hybridized carbons (Fsp3) is 0.846. The molecule has 0 aromatic carbocycles. The smallest absolute Gasteiger partial charge is 0.226 e. The van der Waals surface area contributed by atoms with Gasteiger partial charge in [0.1, 0.15) is 6.10 Å². The Hall–Kier alpha value is -0.940. The Morgan fingerprint density at radius 2 is 2.11 bits per heavy atom. The molecule has 0 fully saturated rings. The summed E-state index contributed by atoms with van der Waals surface area (Å²) in [5.74, 6) is 1.39. The van der Waals surface area contributed by atoms with E-state index in [9.17, 15) is 0 Å². The van der Waals surface area contributed by atoms with Crippen LogP contribution in [0.3, 0.4) is 0 Å². The second kappa shape index (κ2) is 8.21. The van der Waals surface area contributed by atoms with Crippen molar-refractivity contribution >= 4 is 0 Å². The number of aryl methyl sites for hydroxylation is 1. The van der Waals surface area contributed by atoms with Crippen molar-refractivity contribution in [1.29, 1.82) is 0 Å².